The van der Waals surface area contributed by atoms with Crippen LogP contribution in [0.5, 0.6) is 11.5 Å². The van der Waals surface area contributed by atoms with E-state index in [1.807, 2.05) is 6.07 Å². The average Bonchev–Trinajstić information content (AvgIpc) is 3.37. The summed E-state index contributed by atoms with van der Waals surface area (Å²) in [6, 6.07) is 9.78. The largest absolute Gasteiger partial charge is 0.493 e. The Hall–Kier alpha value is -2.77. The van der Waals surface area contributed by atoms with Crippen LogP contribution in [0, 0.1) is 0 Å². The molecule has 2 aromatic carbocycles. The first kappa shape index (κ1) is 28.2. The van der Waals surface area contributed by atoms with Crippen LogP contribution in [0.4, 0.5) is 5.13 Å². The molecule has 0 atom stereocenters. The molecule has 1 fully saturated rings. The van der Waals surface area contributed by atoms with Crippen molar-refractivity contribution < 1.29 is 27.4 Å². The number of hydrogen-bond acceptors (Lipinski definition) is 9. The first-order valence-corrected chi connectivity index (χ1v) is 14.8. The fourth-order valence-electron chi connectivity index (χ4n) is 4.29. The highest BCUT2D eigenvalue weighted by atomic mass is 32.2. The van der Waals surface area contributed by atoms with Gasteiger partial charge in [0.05, 0.1) is 42.5 Å². The summed E-state index contributed by atoms with van der Waals surface area (Å²) in [5, 5.41) is 0.553. The first-order chi connectivity index (χ1) is 18.3. The molecule has 1 aliphatic heterocycles. The van der Waals surface area contributed by atoms with Crippen LogP contribution < -0.4 is 14.4 Å². The molecule has 206 valence electrons. The third kappa shape index (κ3) is 5.94. The molecule has 12 heteroatoms. The van der Waals surface area contributed by atoms with Gasteiger partial charge in [-0.1, -0.05) is 25.2 Å². The molecule has 1 aromatic heterocycles. The van der Waals surface area contributed by atoms with Gasteiger partial charge in [0, 0.05) is 43.9 Å². The Balaban J connectivity index is 1.65. The minimum absolute atomic E-state index is 0.157. The highest BCUT2D eigenvalue weighted by molar-refractivity contribution is 7.89. The monoisotopic (exact) mass is 562 g/mol. The summed E-state index contributed by atoms with van der Waals surface area (Å²) in [5.74, 6) is 0.911. The molecule has 0 aliphatic carbocycles. The maximum absolute atomic E-state index is 13.8. The number of rotatable bonds is 11. The van der Waals surface area contributed by atoms with Crippen molar-refractivity contribution in [1.82, 2.24) is 14.2 Å². The van der Waals surface area contributed by atoms with Crippen molar-refractivity contribution in [3.8, 4) is 11.5 Å². The quantitative estimate of drug-likeness (QED) is 0.351. The molecule has 1 saturated heterocycles. The number of morpholine rings is 1. The molecule has 1 amide bonds. The number of hydrogen-bond donors (Lipinski definition) is 0. The van der Waals surface area contributed by atoms with Gasteiger partial charge in [0.2, 0.25) is 10.0 Å². The molecule has 38 heavy (non-hydrogen) atoms. The minimum atomic E-state index is -3.65. The number of carbonyl (C=O) groups excluding carboxylic acids is 1. The number of fused-ring (bicyclic) bond motifs is 1. The van der Waals surface area contributed by atoms with Gasteiger partial charge < -0.3 is 19.1 Å². The summed E-state index contributed by atoms with van der Waals surface area (Å²) in [7, 11) is -0.501. The van der Waals surface area contributed by atoms with E-state index in [4.69, 9.17) is 19.2 Å². The van der Waals surface area contributed by atoms with E-state index in [0.29, 0.717) is 67.1 Å². The molecule has 0 N–H and O–H groups in total. The molecule has 3 aromatic rings. The number of likely N-dealkylation sites (N-methyl/N-ethyl adjacent to an activating group) is 1. The number of aromatic nitrogens is 1. The van der Waals surface area contributed by atoms with Crippen LogP contribution in [-0.2, 0) is 14.8 Å². The number of thiazole rings is 1. The van der Waals surface area contributed by atoms with Gasteiger partial charge in [0.15, 0.2) is 16.6 Å². The van der Waals surface area contributed by atoms with E-state index >= 15 is 0 Å². The molecule has 0 bridgehead atoms. The number of anilines is 1. The zero-order valence-corrected chi connectivity index (χ0v) is 23.8. The maximum atomic E-state index is 13.8. The van der Waals surface area contributed by atoms with Crippen molar-refractivity contribution >= 4 is 42.6 Å². The van der Waals surface area contributed by atoms with Crippen molar-refractivity contribution in [2.75, 3.05) is 71.6 Å². The van der Waals surface area contributed by atoms with Gasteiger partial charge in [0.25, 0.3) is 5.91 Å². The van der Waals surface area contributed by atoms with Gasteiger partial charge in [-0.15, -0.1) is 0 Å². The molecular formula is C26H34N4O6S2. The van der Waals surface area contributed by atoms with Gasteiger partial charge in [-0.25, -0.2) is 13.4 Å². The topological polar surface area (TPSA) is 102 Å². The van der Waals surface area contributed by atoms with Crippen molar-refractivity contribution in [1.29, 1.82) is 0 Å². The van der Waals surface area contributed by atoms with E-state index < -0.39 is 10.0 Å². The third-order valence-corrected chi connectivity index (χ3v) is 9.56. The number of benzene rings is 2. The Morgan fingerprint density at radius 2 is 1.66 bits per heavy atom. The van der Waals surface area contributed by atoms with Crippen LogP contribution in [0.1, 0.15) is 24.2 Å². The van der Waals surface area contributed by atoms with Crippen molar-refractivity contribution in [3.63, 3.8) is 0 Å². The van der Waals surface area contributed by atoms with E-state index in [-0.39, 0.29) is 10.8 Å². The summed E-state index contributed by atoms with van der Waals surface area (Å²) in [6.45, 7) is 8.37. The lowest BCUT2D eigenvalue weighted by Gasteiger charge is -2.26. The molecule has 0 radical (unpaired) electrons. The van der Waals surface area contributed by atoms with E-state index in [1.54, 1.807) is 37.3 Å². The van der Waals surface area contributed by atoms with Crippen LogP contribution >= 0.6 is 11.3 Å². The Morgan fingerprint density at radius 3 is 2.26 bits per heavy atom. The van der Waals surface area contributed by atoms with Crippen molar-refractivity contribution in [2.24, 2.45) is 0 Å². The predicted molar refractivity (Wildman–Crippen MR) is 148 cm³/mol. The number of amides is 1. The standard InChI is InChI=1S/C26H34N4O6S2/c1-5-28(6-2)11-12-30(26-27-21-17-22(34-3)23(35-4)18-24(21)37-26)25(31)19-7-9-20(10-8-19)38(32,33)29-13-15-36-16-14-29/h7-10,17-18H,5-6,11-16H2,1-4H3. The van der Waals surface area contributed by atoms with Crippen molar-refractivity contribution in [3.05, 3.63) is 42.0 Å². The van der Waals surface area contributed by atoms with Gasteiger partial charge >= 0.3 is 0 Å². The second-order valence-corrected chi connectivity index (χ2v) is 11.6. The zero-order valence-electron chi connectivity index (χ0n) is 22.2. The second-order valence-electron chi connectivity index (χ2n) is 8.70. The van der Waals surface area contributed by atoms with Gasteiger partial charge in [-0.05, 0) is 37.4 Å². The predicted octanol–water partition coefficient (Wildman–Crippen LogP) is 3.32. The minimum Gasteiger partial charge on any atom is -0.493 e. The van der Waals surface area contributed by atoms with Crippen LogP contribution in [0.2, 0.25) is 0 Å². The number of carbonyl (C=O) groups is 1. The molecule has 10 nitrogen and oxygen atoms in total. The maximum Gasteiger partial charge on any atom is 0.260 e. The SMILES string of the molecule is CCN(CC)CCN(C(=O)c1ccc(S(=O)(=O)N2CCOCC2)cc1)c1nc2cc(OC)c(OC)cc2s1. The number of sulfonamides is 1. The Kier molecular flexibility index (Phi) is 9.21. The van der Waals surface area contributed by atoms with Gasteiger partial charge in [-0.3, -0.25) is 9.69 Å². The first-order valence-electron chi connectivity index (χ1n) is 12.6. The average molecular weight is 563 g/mol. The smallest absolute Gasteiger partial charge is 0.260 e. The highest BCUT2D eigenvalue weighted by Gasteiger charge is 2.27. The summed E-state index contributed by atoms with van der Waals surface area (Å²) in [6.07, 6.45) is 0. The Bertz CT molecular complexity index is 1310. The summed E-state index contributed by atoms with van der Waals surface area (Å²) in [4.78, 5) is 22.6. The van der Waals surface area contributed by atoms with Crippen LogP contribution in [-0.4, -0.2) is 95.2 Å². The highest BCUT2D eigenvalue weighted by Crippen LogP contribution is 2.37. The fourth-order valence-corrected chi connectivity index (χ4v) is 6.69. The van der Waals surface area contributed by atoms with Crippen LogP contribution in [0.25, 0.3) is 10.2 Å². The summed E-state index contributed by atoms with van der Waals surface area (Å²) < 4.78 is 44.4. The lowest BCUT2D eigenvalue weighted by molar-refractivity contribution is 0.0730. The lowest BCUT2D eigenvalue weighted by Crippen LogP contribution is -2.40. The number of ether oxygens (including phenoxy) is 3. The molecule has 4 rings (SSSR count). The number of nitrogens with zero attached hydrogens (tertiary/aromatic N) is 4. The normalized spacial score (nSPS) is 14.7. The molecule has 0 unspecified atom stereocenters. The molecule has 0 spiro atoms. The summed E-state index contributed by atoms with van der Waals surface area (Å²) in [5.41, 5.74) is 1.09. The summed E-state index contributed by atoms with van der Waals surface area (Å²) >= 11 is 1.40. The Labute approximate surface area is 227 Å². The van der Waals surface area contributed by atoms with E-state index in [1.165, 1.54) is 27.8 Å². The molecular weight excluding hydrogens is 528 g/mol. The number of methoxy groups -OCH3 is 2. The fraction of sp³-hybridized carbons (Fsp3) is 0.462. The third-order valence-electron chi connectivity index (χ3n) is 6.60. The molecule has 2 heterocycles. The van der Waals surface area contributed by atoms with E-state index in [9.17, 15) is 13.2 Å². The molecule has 1 aliphatic rings. The van der Waals surface area contributed by atoms with Gasteiger partial charge in [0.1, 0.15) is 0 Å². The van der Waals surface area contributed by atoms with E-state index in [0.717, 1.165) is 17.8 Å². The van der Waals surface area contributed by atoms with Crippen LogP contribution in [0.3, 0.4) is 0 Å². The lowest BCUT2D eigenvalue weighted by atomic mass is 10.2. The van der Waals surface area contributed by atoms with Crippen LogP contribution in [0.15, 0.2) is 41.3 Å². The zero-order chi connectivity index (χ0) is 27.3. The second kappa shape index (κ2) is 12.4. The van der Waals surface area contributed by atoms with E-state index in [2.05, 4.69) is 18.7 Å². The van der Waals surface area contributed by atoms with Crippen molar-refractivity contribution in [2.45, 2.75) is 18.7 Å². The Morgan fingerprint density at radius 1 is 1.03 bits per heavy atom. The molecule has 0 saturated carbocycles. The van der Waals surface area contributed by atoms with Gasteiger partial charge in [-0.2, -0.15) is 4.31 Å².